The fraction of sp³-hybridized carbons (Fsp3) is 0.333. The topological polar surface area (TPSA) is 66.4 Å². The summed E-state index contributed by atoms with van der Waals surface area (Å²) in [7, 11) is 0. The summed E-state index contributed by atoms with van der Waals surface area (Å²) in [5.74, 6) is -4.25. The van der Waals surface area contributed by atoms with Gasteiger partial charge < -0.3 is 10.4 Å². The third kappa shape index (κ3) is 3.20. The molecule has 2 aliphatic rings. The molecule has 4 rings (SSSR count). The summed E-state index contributed by atoms with van der Waals surface area (Å²) in [6.07, 6.45) is -4.32. The Morgan fingerprint density at radius 3 is 2.48 bits per heavy atom. The monoisotopic (exact) mass is 421 g/mol. The van der Waals surface area contributed by atoms with E-state index in [0.29, 0.717) is 12.0 Å². The van der Waals surface area contributed by atoms with Crippen molar-refractivity contribution in [2.24, 2.45) is 5.92 Å². The van der Waals surface area contributed by atoms with E-state index in [0.717, 1.165) is 11.3 Å². The number of thiophene rings is 1. The zero-order chi connectivity index (χ0) is 20.8. The smallest absolute Gasteiger partial charge is 0.363 e. The van der Waals surface area contributed by atoms with Crippen molar-refractivity contribution in [1.29, 1.82) is 0 Å². The number of ketones is 2. The van der Waals surface area contributed by atoms with Crippen LogP contribution in [0.2, 0.25) is 0 Å². The van der Waals surface area contributed by atoms with Crippen molar-refractivity contribution in [3.63, 3.8) is 0 Å². The van der Waals surface area contributed by atoms with Crippen molar-refractivity contribution in [3.05, 3.63) is 69.6 Å². The van der Waals surface area contributed by atoms with E-state index in [1.807, 2.05) is 0 Å². The van der Waals surface area contributed by atoms with E-state index in [1.165, 1.54) is 6.07 Å². The number of benzene rings is 1. The third-order valence-electron chi connectivity index (χ3n) is 5.53. The van der Waals surface area contributed by atoms with Gasteiger partial charge in [0.25, 0.3) is 0 Å². The highest BCUT2D eigenvalue weighted by atomic mass is 32.1. The Labute approximate surface area is 169 Å². The van der Waals surface area contributed by atoms with Crippen molar-refractivity contribution in [3.8, 4) is 0 Å². The van der Waals surface area contributed by atoms with Crippen molar-refractivity contribution in [2.75, 3.05) is 0 Å². The number of carbonyl (C=O) groups excluding carboxylic acids is 2. The van der Waals surface area contributed by atoms with Crippen LogP contribution in [0.4, 0.5) is 13.2 Å². The molecular weight excluding hydrogens is 403 g/mol. The number of nitrogens with one attached hydrogen (secondary N) is 1. The SMILES string of the molecule is O=C1CCCC2=C1C(c1ccccc1)C(C(=O)c1cccs1)C(O)(C(F)(F)F)N2. The second-order valence-electron chi connectivity index (χ2n) is 7.27. The molecule has 0 amide bonds. The van der Waals surface area contributed by atoms with Crippen LogP contribution in [0.25, 0.3) is 0 Å². The van der Waals surface area contributed by atoms with Crippen LogP contribution in [-0.4, -0.2) is 28.6 Å². The number of carbonyl (C=O) groups is 2. The average Bonchev–Trinajstić information content (AvgIpc) is 3.21. The molecule has 1 aromatic carbocycles. The van der Waals surface area contributed by atoms with Gasteiger partial charge in [-0.15, -0.1) is 11.3 Å². The van der Waals surface area contributed by atoms with Gasteiger partial charge in [0.15, 0.2) is 11.6 Å². The molecule has 0 radical (unpaired) electrons. The number of rotatable bonds is 3. The van der Waals surface area contributed by atoms with E-state index in [9.17, 15) is 27.9 Å². The maximum Gasteiger partial charge on any atom is 0.437 e. The molecule has 8 heteroatoms. The second-order valence-corrected chi connectivity index (χ2v) is 8.21. The maximum absolute atomic E-state index is 14.2. The Bertz CT molecular complexity index is 969. The van der Waals surface area contributed by atoms with Gasteiger partial charge in [-0.3, -0.25) is 9.59 Å². The molecule has 2 heterocycles. The van der Waals surface area contributed by atoms with Crippen molar-refractivity contribution in [1.82, 2.24) is 5.32 Å². The van der Waals surface area contributed by atoms with Gasteiger partial charge in [0, 0.05) is 23.6 Å². The first-order chi connectivity index (χ1) is 13.7. The molecule has 3 unspecified atom stereocenters. The number of hydrogen-bond donors (Lipinski definition) is 2. The molecule has 4 nitrogen and oxygen atoms in total. The summed E-state index contributed by atoms with van der Waals surface area (Å²) in [6, 6.07) is 11.2. The van der Waals surface area contributed by atoms with Gasteiger partial charge in [-0.25, -0.2) is 0 Å². The fourth-order valence-electron chi connectivity index (χ4n) is 4.25. The highest BCUT2D eigenvalue weighted by molar-refractivity contribution is 7.12. The molecular formula is C21H18F3NO3S. The highest BCUT2D eigenvalue weighted by Crippen LogP contribution is 2.51. The van der Waals surface area contributed by atoms with Gasteiger partial charge in [-0.05, 0) is 29.9 Å². The maximum atomic E-state index is 14.2. The number of allylic oxidation sites excluding steroid dienone is 2. The Kier molecular flexibility index (Phi) is 4.86. The van der Waals surface area contributed by atoms with Crippen molar-refractivity contribution >= 4 is 22.9 Å². The molecule has 0 saturated carbocycles. The fourth-order valence-corrected chi connectivity index (χ4v) is 4.95. The second kappa shape index (κ2) is 7.11. The molecule has 29 heavy (non-hydrogen) atoms. The van der Waals surface area contributed by atoms with E-state index in [4.69, 9.17) is 0 Å². The Morgan fingerprint density at radius 2 is 1.86 bits per heavy atom. The normalized spacial score (nSPS) is 27.4. The van der Waals surface area contributed by atoms with E-state index in [2.05, 4.69) is 5.32 Å². The average molecular weight is 421 g/mol. The first-order valence-corrected chi connectivity index (χ1v) is 10.1. The van der Waals surface area contributed by atoms with Gasteiger partial charge in [0.2, 0.25) is 5.72 Å². The number of hydrogen-bond acceptors (Lipinski definition) is 5. The van der Waals surface area contributed by atoms with Crippen LogP contribution in [0, 0.1) is 5.92 Å². The van der Waals surface area contributed by atoms with E-state index >= 15 is 0 Å². The summed E-state index contributed by atoms with van der Waals surface area (Å²) in [4.78, 5) is 26.1. The number of alkyl halides is 3. The largest absolute Gasteiger partial charge is 0.437 e. The first-order valence-electron chi connectivity index (χ1n) is 9.20. The minimum absolute atomic E-state index is 0.0742. The number of halogens is 3. The molecule has 1 aliphatic carbocycles. The molecule has 3 atom stereocenters. The molecule has 0 saturated heterocycles. The highest BCUT2D eigenvalue weighted by Gasteiger charge is 2.66. The summed E-state index contributed by atoms with van der Waals surface area (Å²) in [6.45, 7) is 0. The summed E-state index contributed by atoms with van der Waals surface area (Å²) in [5.41, 5.74) is -2.84. The van der Waals surface area contributed by atoms with Crippen molar-refractivity contribution < 1.29 is 27.9 Å². The molecule has 152 valence electrons. The Hall–Kier alpha value is -2.45. The van der Waals surface area contributed by atoms with Crippen LogP contribution in [0.15, 0.2) is 59.1 Å². The van der Waals surface area contributed by atoms with Gasteiger partial charge in [-0.1, -0.05) is 36.4 Å². The van der Waals surface area contributed by atoms with Crippen LogP contribution in [-0.2, 0) is 4.79 Å². The molecule has 0 fully saturated rings. The van der Waals surface area contributed by atoms with E-state index < -0.39 is 29.5 Å². The Morgan fingerprint density at radius 1 is 1.14 bits per heavy atom. The standard InChI is InChI=1S/C21H18F3NO3S/c22-21(23,24)20(28)18(19(27)15-10-5-11-29-15)16(12-6-2-1-3-7-12)17-13(25-20)8-4-9-14(17)26/h1-3,5-7,10-11,16,18,25,28H,4,8-9H2. The zero-order valence-corrected chi connectivity index (χ0v) is 16.0. The van der Waals surface area contributed by atoms with Crippen LogP contribution in [0.5, 0.6) is 0 Å². The Balaban J connectivity index is 1.98. The van der Waals surface area contributed by atoms with Gasteiger partial charge in [0.05, 0.1) is 10.8 Å². The van der Waals surface area contributed by atoms with E-state index in [1.54, 1.807) is 41.8 Å². The molecule has 2 aromatic rings. The minimum Gasteiger partial charge on any atom is -0.363 e. The van der Waals surface area contributed by atoms with Gasteiger partial charge in [-0.2, -0.15) is 13.2 Å². The predicted molar refractivity (Wildman–Crippen MR) is 101 cm³/mol. The third-order valence-corrected chi connectivity index (χ3v) is 6.41. The number of aliphatic hydroxyl groups is 1. The van der Waals surface area contributed by atoms with Crippen molar-refractivity contribution in [2.45, 2.75) is 37.1 Å². The lowest BCUT2D eigenvalue weighted by atomic mass is 9.66. The molecule has 1 aliphatic heterocycles. The number of Topliss-reactive ketones (excluding diaryl/α,β-unsaturated/α-hetero) is 2. The minimum atomic E-state index is -5.13. The first kappa shape index (κ1) is 19.8. The molecule has 2 N–H and O–H groups in total. The van der Waals surface area contributed by atoms with E-state index in [-0.39, 0.29) is 34.8 Å². The predicted octanol–water partition coefficient (Wildman–Crippen LogP) is 4.19. The molecule has 0 spiro atoms. The lowest BCUT2D eigenvalue weighted by molar-refractivity contribution is -0.287. The van der Waals surface area contributed by atoms with Crippen LogP contribution < -0.4 is 5.32 Å². The quantitative estimate of drug-likeness (QED) is 0.730. The summed E-state index contributed by atoms with van der Waals surface area (Å²) >= 11 is 1.01. The van der Waals surface area contributed by atoms with Crippen LogP contribution in [0.1, 0.15) is 40.4 Å². The summed E-state index contributed by atoms with van der Waals surface area (Å²) < 4.78 is 42.5. The lowest BCUT2D eigenvalue weighted by Crippen LogP contribution is -2.67. The van der Waals surface area contributed by atoms with Crippen LogP contribution in [0.3, 0.4) is 0 Å². The lowest BCUT2D eigenvalue weighted by Gasteiger charge is -2.48. The molecule has 0 bridgehead atoms. The zero-order valence-electron chi connectivity index (χ0n) is 15.2. The van der Waals surface area contributed by atoms with Gasteiger partial charge in [0.1, 0.15) is 0 Å². The van der Waals surface area contributed by atoms with Gasteiger partial charge >= 0.3 is 6.18 Å². The molecule has 1 aromatic heterocycles. The summed E-state index contributed by atoms with van der Waals surface area (Å²) in [5, 5.41) is 14.7. The van der Waals surface area contributed by atoms with Crippen LogP contribution >= 0.6 is 11.3 Å².